The monoisotopic (exact) mass is 401 g/mol. The van der Waals surface area contributed by atoms with Gasteiger partial charge in [0, 0.05) is 12.7 Å². The van der Waals surface area contributed by atoms with Crippen molar-refractivity contribution in [2.24, 2.45) is 0 Å². The Bertz CT molecular complexity index is 1150. The van der Waals surface area contributed by atoms with Gasteiger partial charge in [-0.2, -0.15) is 5.10 Å². The van der Waals surface area contributed by atoms with Crippen LogP contribution >= 0.6 is 0 Å². The lowest BCUT2D eigenvalue weighted by Gasteiger charge is -2.09. The maximum Gasteiger partial charge on any atom is 0.214 e. The van der Waals surface area contributed by atoms with Gasteiger partial charge >= 0.3 is 0 Å². The Kier molecular flexibility index (Phi) is 5.66. The van der Waals surface area contributed by atoms with Crippen LogP contribution in [0.1, 0.15) is 21.6 Å². The molecule has 0 aliphatic heterocycles. The molecule has 0 saturated heterocycles. The average Bonchev–Trinajstić information content (AvgIpc) is 3.23. The van der Waals surface area contributed by atoms with Crippen molar-refractivity contribution in [3.63, 3.8) is 0 Å². The molecule has 4 aromatic rings. The molecule has 0 N–H and O–H groups in total. The van der Waals surface area contributed by atoms with Crippen LogP contribution in [-0.2, 0) is 13.0 Å². The van der Waals surface area contributed by atoms with Gasteiger partial charge in [0.05, 0.1) is 18.4 Å². The number of pyridine rings is 1. The van der Waals surface area contributed by atoms with Crippen molar-refractivity contribution in [3.8, 4) is 17.1 Å². The Morgan fingerprint density at radius 2 is 1.77 bits per heavy atom. The SMILES string of the molecule is COc1ccccc1C(=O)c1cc(-c2ccccn2)nn1CCc1ccc(F)cc1. The van der Waals surface area contributed by atoms with E-state index in [1.165, 1.54) is 19.2 Å². The molecule has 0 radical (unpaired) electrons. The van der Waals surface area contributed by atoms with E-state index in [9.17, 15) is 9.18 Å². The summed E-state index contributed by atoms with van der Waals surface area (Å²) < 4.78 is 20.2. The molecule has 2 heterocycles. The Morgan fingerprint density at radius 1 is 1.00 bits per heavy atom. The third-order valence-corrected chi connectivity index (χ3v) is 4.82. The van der Waals surface area contributed by atoms with Crippen molar-refractivity contribution in [1.82, 2.24) is 14.8 Å². The predicted octanol–water partition coefficient (Wildman–Crippen LogP) is 4.57. The molecule has 30 heavy (non-hydrogen) atoms. The number of benzene rings is 2. The molecular weight excluding hydrogens is 381 g/mol. The van der Waals surface area contributed by atoms with Crippen molar-refractivity contribution in [3.05, 3.63) is 102 Å². The zero-order valence-electron chi connectivity index (χ0n) is 16.5. The van der Waals surface area contributed by atoms with Gasteiger partial charge in [-0.25, -0.2) is 4.39 Å². The highest BCUT2D eigenvalue weighted by molar-refractivity contribution is 6.10. The minimum absolute atomic E-state index is 0.179. The van der Waals surface area contributed by atoms with Crippen molar-refractivity contribution in [2.75, 3.05) is 7.11 Å². The highest BCUT2D eigenvalue weighted by Gasteiger charge is 2.21. The van der Waals surface area contributed by atoms with Crippen molar-refractivity contribution in [1.29, 1.82) is 0 Å². The van der Waals surface area contributed by atoms with Crippen molar-refractivity contribution >= 4 is 5.78 Å². The molecule has 0 saturated carbocycles. The maximum atomic E-state index is 13.3. The average molecular weight is 401 g/mol. The lowest BCUT2D eigenvalue weighted by atomic mass is 10.1. The molecule has 6 heteroatoms. The molecule has 150 valence electrons. The second kappa shape index (κ2) is 8.69. The summed E-state index contributed by atoms with van der Waals surface area (Å²) in [5, 5.41) is 4.63. The van der Waals surface area contributed by atoms with Gasteiger partial charge < -0.3 is 4.74 Å². The molecule has 0 spiro atoms. The van der Waals surface area contributed by atoms with E-state index in [0.717, 1.165) is 5.56 Å². The fraction of sp³-hybridized carbons (Fsp3) is 0.125. The summed E-state index contributed by atoms with van der Waals surface area (Å²) in [6.07, 6.45) is 2.30. The smallest absolute Gasteiger partial charge is 0.214 e. The molecule has 0 atom stereocenters. The maximum absolute atomic E-state index is 13.3. The number of aryl methyl sites for hydroxylation is 2. The van der Waals surface area contributed by atoms with Crippen LogP contribution in [0, 0.1) is 5.82 Å². The molecule has 2 aromatic carbocycles. The number of rotatable bonds is 7. The Hall–Kier alpha value is -3.80. The molecule has 0 amide bonds. The summed E-state index contributed by atoms with van der Waals surface area (Å²) in [5.41, 5.74) is 3.18. The fourth-order valence-electron chi connectivity index (χ4n) is 3.27. The number of nitrogens with zero attached hydrogens (tertiary/aromatic N) is 3. The van der Waals surface area contributed by atoms with Gasteiger partial charge in [0.1, 0.15) is 23.0 Å². The number of halogens is 1. The first-order chi connectivity index (χ1) is 14.7. The Morgan fingerprint density at radius 3 is 2.50 bits per heavy atom. The van der Waals surface area contributed by atoms with E-state index in [0.29, 0.717) is 41.4 Å². The van der Waals surface area contributed by atoms with Gasteiger partial charge in [0.2, 0.25) is 5.78 Å². The van der Waals surface area contributed by atoms with Crippen LogP contribution in [0.4, 0.5) is 4.39 Å². The van der Waals surface area contributed by atoms with Crippen LogP contribution in [0.25, 0.3) is 11.4 Å². The first kappa shape index (κ1) is 19.5. The third kappa shape index (κ3) is 4.12. The van der Waals surface area contributed by atoms with Gasteiger partial charge in [-0.3, -0.25) is 14.5 Å². The Balaban J connectivity index is 1.70. The number of aromatic nitrogens is 3. The van der Waals surface area contributed by atoms with Gasteiger partial charge in [-0.05, 0) is 54.4 Å². The van der Waals surface area contributed by atoms with Crippen molar-refractivity contribution < 1.29 is 13.9 Å². The van der Waals surface area contributed by atoms with E-state index in [4.69, 9.17) is 4.74 Å². The quantitative estimate of drug-likeness (QED) is 0.426. The largest absolute Gasteiger partial charge is 0.496 e. The van der Waals surface area contributed by atoms with E-state index in [1.54, 1.807) is 47.3 Å². The van der Waals surface area contributed by atoms with E-state index < -0.39 is 0 Å². The van der Waals surface area contributed by atoms with Gasteiger partial charge in [0.25, 0.3) is 0 Å². The van der Waals surface area contributed by atoms with Crippen LogP contribution in [0.3, 0.4) is 0 Å². The summed E-state index contributed by atoms with van der Waals surface area (Å²) in [7, 11) is 1.54. The number of carbonyl (C=O) groups excluding carboxylic acids is 1. The summed E-state index contributed by atoms with van der Waals surface area (Å²) in [5.74, 6) is 0.0525. The number of ketones is 1. The first-order valence-corrected chi connectivity index (χ1v) is 9.57. The lowest BCUT2D eigenvalue weighted by Crippen LogP contribution is -2.14. The van der Waals surface area contributed by atoms with Crippen LogP contribution in [-0.4, -0.2) is 27.7 Å². The highest BCUT2D eigenvalue weighted by Crippen LogP contribution is 2.24. The second-order valence-electron chi connectivity index (χ2n) is 6.76. The normalized spacial score (nSPS) is 10.7. The van der Waals surface area contributed by atoms with E-state index >= 15 is 0 Å². The van der Waals surface area contributed by atoms with Gasteiger partial charge in [-0.15, -0.1) is 0 Å². The van der Waals surface area contributed by atoms with E-state index in [-0.39, 0.29) is 11.6 Å². The summed E-state index contributed by atoms with van der Waals surface area (Å²) in [6.45, 7) is 0.467. The molecular formula is C24H20FN3O2. The number of hydrogen-bond acceptors (Lipinski definition) is 4. The van der Waals surface area contributed by atoms with Crippen molar-refractivity contribution in [2.45, 2.75) is 13.0 Å². The zero-order chi connectivity index (χ0) is 20.9. The number of para-hydroxylation sites is 1. The molecule has 0 fully saturated rings. The van der Waals surface area contributed by atoms with E-state index in [1.807, 2.05) is 24.3 Å². The zero-order valence-corrected chi connectivity index (χ0v) is 16.5. The van der Waals surface area contributed by atoms with Crippen LogP contribution < -0.4 is 4.74 Å². The molecule has 0 bridgehead atoms. The number of ether oxygens (including phenoxy) is 1. The lowest BCUT2D eigenvalue weighted by molar-refractivity contribution is 0.102. The minimum Gasteiger partial charge on any atom is -0.496 e. The van der Waals surface area contributed by atoms with Crippen LogP contribution in [0.15, 0.2) is 79.0 Å². The predicted molar refractivity (Wildman–Crippen MR) is 112 cm³/mol. The molecule has 0 unspecified atom stereocenters. The summed E-state index contributed by atoms with van der Waals surface area (Å²) in [4.78, 5) is 17.7. The first-order valence-electron chi connectivity index (χ1n) is 9.57. The van der Waals surface area contributed by atoms with Crippen LogP contribution in [0.2, 0.25) is 0 Å². The topological polar surface area (TPSA) is 57.0 Å². The molecule has 5 nitrogen and oxygen atoms in total. The summed E-state index contributed by atoms with van der Waals surface area (Å²) in [6, 6.07) is 20.8. The standard InChI is InChI=1S/C24H20FN3O2/c1-30-23-8-3-2-6-19(23)24(29)22-16-21(20-7-4-5-14-26-20)27-28(22)15-13-17-9-11-18(25)12-10-17/h2-12,14,16H,13,15H2,1H3. The number of hydrogen-bond donors (Lipinski definition) is 0. The number of methoxy groups -OCH3 is 1. The van der Waals surface area contributed by atoms with Crippen LogP contribution in [0.5, 0.6) is 5.75 Å². The molecule has 4 rings (SSSR count). The highest BCUT2D eigenvalue weighted by atomic mass is 19.1. The second-order valence-corrected chi connectivity index (χ2v) is 6.76. The molecule has 2 aromatic heterocycles. The summed E-state index contributed by atoms with van der Waals surface area (Å²) >= 11 is 0. The Labute approximate surface area is 173 Å². The molecule has 0 aliphatic rings. The fourth-order valence-corrected chi connectivity index (χ4v) is 3.27. The van der Waals surface area contributed by atoms with E-state index in [2.05, 4.69) is 10.1 Å². The minimum atomic E-state index is -0.276. The van der Waals surface area contributed by atoms with Gasteiger partial charge in [-0.1, -0.05) is 30.3 Å². The number of carbonyl (C=O) groups is 1. The third-order valence-electron chi connectivity index (χ3n) is 4.82. The van der Waals surface area contributed by atoms with Gasteiger partial charge in [0.15, 0.2) is 0 Å². The molecule has 0 aliphatic carbocycles.